The van der Waals surface area contributed by atoms with Gasteiger partial charge in [0.05, 0.1) is 5.69 Å². The molecule has 7 heteroatoms. The first-order valence-corrected chi connectivity index (χ1v) is 7.77. The number of nitrogens with one attached hydrogen (secondary N) is 1. The van der Waals surface area contributed by atoms with E-state index in [0.29, 0.717) is 17.3 Å². The van der Waals surface area contributed by atoms with Crippen molar-refractivity contribution in [3.8, 4) is 5.75 Å². The number of rotatable bonds is 3. The first-order chi connectivity index (χ1) is 11.0. The number of aromatic nitrogens is 1. The average Bonchev–Trinajstić information content (AvgIpc) is 2.52. The number of aryl methyl sites for hydroxylation is 1. The molecule has 1 aliphatic rings. The molecule has 0 saturated carbocycles. The van der Waals surface area contributed by atoms with E-state index in [4.69, 9.17) is 4.74 Å². The molecule has 0 unspecified atom stereocenters. The number of hydrogen-bond acceptors (Lipinski definition) is 4. The van der Waals surface area contributed by atoms with Crippen molar-refractivity contribution in [3.05, 3.63) is 46.6 Å². The summed E-state index contributed by atoms with van der Waals surface area (Å²) < 4.78 is 6.24. The highest BCUT2D eigenvalue weighted by Crippen LogP contribution is 2.34. The minimum Gasteiger partial charge on any atom is -0.482 e. The topological polar surface area (TPSA) is 71.5 Å². The van der Waals surface area contributed by atoms with E-state index in [0.717, 1.165) is 10.0 Å². The van der Waals surface area contributed by atoms with E-state index in [-0.39, 0.29) is 25.0 Å². The van der Waals surface area contributed by atoms with Crippen LogP contribution in [0.15, 0.2) is 41.0 Å². The van der Waals surface area contributed by atoms with Gasteiger partial charge in [-0.15, -0.1) is 0 Å². The molecule has 23 heavy (non-hydrogen) atoms. The van der Waals surface area contributed by atoms with Gasteiger partial charge in [-0.25, -0.2) is 4.98 Å². The maximum atomic E-state index is 12.2. The van der Waals surface area contributed by atoms with Gasteiger partial charge in [-0.2, -0.15) is 0 Å². The van der Waals surface area contributed by atoms with E-state index < -0.39 is 0 Å². The van der Waals surface area contributed by atoms with Crippen LogP contribution in [0.5, 0.6) is 5.75 Å². The maximum Gasteiger partial charge on any atom is 0.265 e. The summed E-state index contributed by atoms with van der Waals surface area (Å²) in [6, 6.07) is 8.89. The third-order valence-corrected chi connectivity index (χ3v) is 3.84. The molecule has 2 aromatic rings. The van der Waals surface area contributed by atoms with Crippen LogP contribution in [0.4, 0.5) is 11.5 Å². The van der Waals surface area contributed by atoms with Crippen LogP contribution in [0.1, 0.15) is 5.56 Å². The molecular formula is C16H14BrN3O3. The number of ether oxygens (including phenoxy) is 1. The number of carbonyl (C=O) groups is 2. The molecule has 0 spiro atoms. The zero-order chi connectivity index (χ0) is 16.4. The van der Waals surface area contributed by atoms with Gasteiger partial charge in [-0.3, -0.25) is 14.5 Å². The summed E-state index contributed by atoms with van der Waals surface area (Å²) >= 11 is 3.36. The van der Waals surface area contributed by atoms with Crippen LogP contribution in [0.3, 0.4) is 0 Å². The van der Waals surface area contributed by atoms with Crippen molar-refractivity contribution in [2.75, 3.05) is 23.4 Å². The first kappa shape index (κ1) is 15.5. The number of nitrogens with zero attached hydrogens (tertiary/aromatic N) is 2. The molecule has 0 atom stereocenters. The molecule has 0 radical (unpaired) electrons. The third kappa shape index (κ3) is 3.50. The van der Waals surface area contributed by atoms with Gasteiger partial charge in [-0.05, 0) is 36.8 Å². The van der Waals surface area contributed by atoms with Crippen LogP contribution in [-0.2, 0) is 9.59 Å². The number of hydrogen-bond donors (Lipinski definition) is 1. The van der Waals surface area contributed by atoms with Crippen LogP contribution in [0.25, 0.3) is 0 Å². The summed E-state index contributed by atoms with van der Waals surface area (Å²) in [5, 5.41) is 2.69. The molecule has 2 heterocycles. The van der Waals surface area contributed by atoms with E-state index in [1.54, 1.807) is 30.5 Å². The Hall–Kier alpha value is -2.41. The zero-order valence-electron chi connectivity index (χ0n) is 12.4. The van der Waals surface area contributed by atoms with Gasteiger partial charge in [-0.1, -0.05) is 22.0 Å². The van der Waals surface area contributed by atoms with Crippen molar-refractivity contribution in [1.82, 2.24) is 4.98 Å². The van der Waals surface area contributed by atoms with Crippen molar-refractivity contribution in [1.29, 1.82) is 0 Å². The highest BCUT2D eigenvalue weighted by molar-refractivity contribution is 9.10. The van der Waals surface area contributed by atoms with Crippen molar-refractivity contribution in [2.45, 2.75) is 6.92 Å². The second-order valence-corrected chi connectivity index (χ2v) is 6.07. The summed E-state index contributed by atoms with van der Waals surface area (Å²) in [5.74, 6) is 0.454. The molecule has 0 bridgehead atoms. The van der Waals surface area contributed by atoms with Crippen LogP contribution in [-0.4, -0.2) is 29.9 Å². The zero-order valence-corrected chi connectivity index (χ0v) is 14.0. The average molecular weight is 376 g/mol. The minimum atomic E-state index is -0.314. The summed E-state index contributed by atoms with van der Waals surface area (Å²) in [5.41, 5.74) is 1.59. The Balaban J connectivity index is 1.75. The monoisotopic (exact) mass is 375 g/mol. The molecule has 1 aliphatic heterocycles. The number of anilines is 2. The summed E-state index contributed by atoms with van der Waals surface area (Å²) in [6.45, 7) is 1.74. The fourth-order valence-corrected chi connectivity index (χ4v) is 2.56. The lowest BCUT2D eigenvalue weighted by molar-refractivity contribution is -0.123. The van der Waals surface area contributed by atoms with Gasteiger partial charge >= 0.3 is 0 Å². The normalized spacial score (nSPS) is 13.3. The van der Waals surface area contributed by atoms with E-state index in [2.05, 4.69) is 26.2 Å². The second kappa shape index (κ2) is 6.37. The lowest BCUT2D eigenvalue weighted by Gasteiger charge is -2.28. The van der Waals surface area contributed by atoms with Crippen LogP contribution in [0.2, 0.25) is 0 Å². The second-order valence-electron chi connectivity index (χ2n) is 5.15. The molecule has 118 valence electrons. The third-order valence-electron chi connectivity index (χ3n) is 3.35. The Morgan fingerprint density at radius 1 is 1.39 bits per heavy atom. The number of pyridine rings is 1. The first-order valence-electron chi connectivity index (χ1n) is 6.98. The highest BCUT2D eigenvalue weighted by Gasteiger charge is 2.27. The molecule has 6 nitrogen and oxygen atoms in total. The fourth-order valence-electron chi connectivity index (χ4n) is 2.22. The van der Waals surface area contributed by atoms with Crippen LogP contribution in [0, 0.1) is 6.92 Å². The van der Waals surface area contributed by atoms with Crippen LogP contribution < -0.4 is 15.0 Å². The van der Waals surface area contributed by atoms with E-state index in [1.807, 2.05) is 13.0 Å². The van der Waals surface area contributed by atoms with Crippen molar-refractivity contribution >= 4 is 39.2 Å². The Kier molecular flexibility index (Phi) is 4.29. The molecule has 0 fully saturated rings. The minimum absolute atomic E-state index is 0.0838. The van der Waals surface area contributed by atoms with Crippen molar-refractivity contribution < 1.29 is 14.3 Å². The summed E-state index contributed by atoms with van der Waals surface area (Å²) in [4.78, 5) is 29.8. The Bertz CT molecular complexity index is 762. The molecule has 0 aliphatic carbocycles. The molecule has 1 aromatic heterocycles. The lowest BCUT2D eigenvalue weighted by Crippen LogP contribution is -2.43. The predicted octanol–water partition coefficient (Wildman–Crippen LogP) is 2.52. The van der Waals surface area contributed by atoms with E-state index >= 15 is 0 Å². The number of fused-ring (bicyclic) bond motifs is 1. The van der Waals surface area contributed by atoms with Gasteiger partial charge in [0.1, 0.15) is 18.1 Å². The van der Waals surface area contributed by atoms with E-state index in [1.165, 1.54) is 4.90 Å². The number of halogens is 1. The highest BCUT2D eigenvalue weighted by atomic mass is 79.9. The Labute approximate surface area is 141 Å². The van der Waals surface area contributed by atoms with Gasteiger partial charge < -0.3 is 10.1 Å². The molecule has 0 saturated heterocycles. The number of amides is 2. The fraction of sp³-hybridized carbons (Fsp3) is 0.188. The predicted molar refractivity (Wildman–Crippen MR) is 89.6 cm³/mol. The molecule has 2 amide bonds. The Morgan fingerprint density at radius 3 is 2.96 bits per heavy atom. The van der Waals surface area contributed by atoms with Gasteiger partial charge in [0, 0.05) is 10.7 Å². The quantitative estimate of drug-likeness (QED) is 0.894. The summed E-state index contributed by atoms with van der Waals surface area (Å²) in [7, 11) is 0. The van der Waals surface area contributed by atoms with Crippen molar-refractivity contribution in [2.24, 2.45) is 0 Å². The molecule has 1 N–H and O–H groups in total. The van der Waals surface area contributed by atoms with Gasteiger partial charge in [0.2, 0.25) is 5.91 Å². The number of carbonyl (C=O) groups excluding carboxylic acids is 2. The molecule has 1 aromatic carbocycles. The van der Waals surface area contributed by atoms with E-state index in [9.17, 15) is 9.59 Å². The van der Waals surface area contributed by atoms with Gasteiger partial charge in [0.15, 0.2) is 6.61 Å². The lowest BCUT2D eigenvalue weighted by atomic mass is 10.2. The van der Waals surface area contributed by atoms with Gasteiger partial charge in [0.25, 0.3) is 5.91 Å². The SMILES string of the molecule is Cc1ccc(NC(=O)CN2C(=O)COc3cc(Br)ccc32)nc1. The number of benzene rings is 1. The largest absolute Gasteiger partial charge is 0.482 e. The maximum absolute atomic E-state index is 12.2. The van der Waals surface area contributed by atoms with Crippen molar-refractivity contribution in [3.63, 3.8) is 0 Å². The Morgan fingerprint density at radius 2 is 2.22 bits per heavy atom. The van der Waals surface area contributed by atoms with Crippen LogP contribution >= 0.6 is 15.9 Å². The standard InChI is InChI=1S/C16H14BrN3O3/c1-10-2-5-14(18-7-10)19-15(21)8-20-12-4-3-11(17)6-13(12)23-9-16(20)22/h2-7H,8-9H2,1H3,(H,18,19,21). The molecular weight excluding hydrogens is 362 g/mol. The smallest absolute Gasteiger partial charge is 0.265 e. The molecule has 3 rings (SSSR count). The summed E-state index contributed by atoms with van der Waals surface area (Å²) in [6.07, 6.45) is 1.67.